The molecule has 0 aliphatic carbocycles. The minimum absolute atomic E-state index is 0.0338. The molecule has 4 nitrogen and oxygen atoms in total. The third-order valence-electron chi connectivity index (χ3n) is 3.53. The first-order valence-corrected chi connectivity index (χ1v) is 6.76. The lowest BCUT2D eigenvalue weighted by atomic mass is 9.90. The number of benzene rings is 2. The van der Waals surface area contributed by atoms with Gasteiger partial charge in [-0.05, 0) is 24.5 Å². The molecule has 0 spiro atoms. The molecule has 0 aromatic heterocycles. The van der Waals surface area contributed by atoms with Crippen LogP contribution in [-0.4, -0.2) is 11.7 Å². The molecule has 4 heteroatoms. The maximum absolute atomic E-state index is 11.7. The van der Waals surface area contributed by atoms with Crippen LogP contribution in [0.4, 0.5) is 0 Å². The van der Waals surface area contributed by atoms with Crippen LogP contribution in [0.3, 0.4) is 0 Å². The minimum atomic E-state index is -0.353. The van der Waals surface area contributed by atoms with Gasteiger partial charge in [-0.15, -0.1) is 0 Å². The van der Waals surface area contributed by atoms with Crippen molar-refractivity contribution in [3.05, 3.63) is 70.8 Å². The van der Waals surface area contributed by atoms with Gasteiger partial charge in [-0.25, -0.2) is 0 Å². The summed E-state index contributed by atoms with van der Waals surface area (Å²) in [5.41, 5.74) is 14.7. The number of nitrogen functional groups attached to an aromatic ring is 1. The first-order valence-electron chi connectivity index (χ1n) is 6.76. The zero-order chi connectivity index (χ0) is 15.4. The summed E-state index contributed by atoms with van der Waals surface area (Å²) in [6.07, 6.45) is 0.538. The Hall–Kier alpha value is -2.62. The van der Waals surface area contributed by atoms with Crippen molar-refractivity contribution in [2.24, 2.45) is 11.5 Å². The number of amides is 1. The van der Waals surface area contributed by atoms with Crippen molar-refractivity contribution in [2.45, 2.75) is 19.3 Å². The second-order valence-corrected chi connectivity index (χ2v) is 5.18. The molecule has 5 N–H and O–H groups in total. The van der Waals surface area contributed by atoms with E-state index >= 15 is 0 Å². The maximum atomic E-state index is 11.7. The zero-order valence-electron chi connectivity index (χ0n) is 12.0. The first kappa shape index (κ1) is 14.8. The fourth-order valence-corrected chi connectivity index (χ4v) is 2.24. The van der Waals surface area contributed by atoms with Gasteiger partial charge in [-0.2, -0.15) is 0 Å². The Labute approximate surface area is 124 Å². The van der Waals surface area contributed by atoms with Gasteiger partial charge >= 0.3 is 0 Å². The number of hydrogen-bond donors (Lipinski definition) is 3. The number of rotatable bonds is 5. The van der Waals surface area contributed by atoms with E-state index in [-0.39, 0.29) is 17.7 Å². The highest BCUT2D eigenvalue weighted by Gasteiger charge is 2.18. The Bertz CT molecular complexity index is 645. The Balaban J connectivity index is 2.22. The molecule has 2 rings (SSSR count). The third kappa shape index (κ3) is 3.69. The van der Waals surface area contributed by atoms with E-state index in [2.05, 4.69) is 0 Å². The van der Waals surface area contributed by atoms with Crippen molar-refractivity contribution in [1.29, 1.82) is 5.41 Å². The SMILES string of the molecule is Cc1ccc(C(Cc2ccc(C(=N)N)cc2)C(N)=O)cc1. The van der Waals surface area contributed by atoms with E-state index < -0.39 is 0 Å². The average Bonchev–Trinajstić information content (AvgIpc) is 2.46. The third-order valence-corrected chi connectivity index (χ3v) is 3.53. The second kappa shape index (κ2) is 6.22. The van der Waals surface area contributed by atoms with Crippen LogP contribution >= 0.6 is 0 Å². The quantitative estimate of drug-likeness (QED) is 0.578. The van der Waals surface area contributed by atoms with Gasteiger partial charge in [-0.3, -0.25) is 10.2 Å². The molecule has 1 atom stereocenters. The minimum Gasteiger partial charge on any atom is -0.384 e. The molecular weight excluding hydrogens is 262 g/mol. The van der Waals surface area contributed by atoms with Crippen LogP contribution < -0.4 is 11.5 Å². The zero-order valence-corrected chi connectivity index (χ0v) is 12.0. The van der Waals surface area contributed by atoms with Gasteiger partial charge in [0.25, 0.3) is 0 Å². The fraction of sp³-hybridized carbons (Fsp3) is 0.176. The van der Waals surface area contributed by atoms with Crippen LogP contribution in [0, 0.1) is 12.3 Å². The Morgan fingerprint density at radius 1 is 1.05 bits per heavy atom. The number of primary amides is 1. The van der Waals surface area contributed by atoms with Gasteiger partial charge in [0.05, 0.1) is 5.92 Å². The van der Waals surface area contributed by atoms with E-state index in [9.17, 15) is 4.79 Å². The molecule has 108 valence electrons. The Kier molecular flexibility index (Phi) is 4.38. The highest BCUT2D eigenvalue weighted by Crippen LogP contribution is 2.21. The molecule has 0 aliphatic heterocycles. The molecule has 0 radical (unpaired) electrons. The monoisotopic (exact) mass is 281 g/mol. The summed E-state index contributed by atoms with van der Waals surface area (Å²) >= 11 is 0. The number of amidine groups is 1. The average molecular weight is 281 g/mol. The molecule has 0 bridgehead atoms. The molecule has 0 aliphatic rings. The predicted octanol–water partition coefficient (Wildman–Crippen LogP) is 2.09. The summed E-state index contributed by atoms with van der Waals surface area (Å²) < 4.78 is 0. The van der Waals surface area contributed by atoms with Crippen LogP contribution in [0.1, 0.15) is 28.2 Å². The van der Waals surface area contributed by atoms with Crippen LogP contribution in [0.5, 0.6) is 0 Å². The highest BCUT2D eigenvalue weighted by atomic mass is 16.1. The molecule has 2 aromatic carbocycles. The van der Waals surface area contributed by atoms with Crippen molar-refractivity contribution in [3.63, 3.8) is 0 Å². The summed E-state index contributed by atoms with van der Waals surface area (Å²) in [6, 6.07) is 15.1. The maximum Gasteiger partial charge on any atom is 0.225 e. The number of nitrogens with one attached hydrogen (secondary N) is 1. The summed E-state index contributed by atoms with van der Waals surface area (Å²) in [5.74, 6) is -0.658. The van der Waals surface area contributed by atoms with E-state index in [0.29, 0.717) is 12.0 Å². The Morgan fingerprint density at radius 3 is 2.10 bits per heavy atom. The molecule has 21 heavy (non-hydrogen) atoms. The normalized spacial score (nSPS) is 11.9. The second-order valence-electron chi connectivity index (χ2n) is 5.18. The number of carbonyl (C=O) groups is 1. The summed E-state index contributed by atoms with van der Waals surface area (Å²) in [6.45, 7) is 2.00. The number of carbonyl (C=O) groups excluding carboxylic acids is 1. The van der Waals surface area contributed by atoms with Gasteiger partial charge in [0.1, 0.15) is 5.84 Å². The number of nitrogens with two attached hydrogens (primary N) is 2. The number of aryl methyl sites for hydroxylation is 1. The van der Waals surface area contributed by atoms with Gasteiger partial charge in [0.2, 0.25) is 5.91 Å². The first-order chi connectivity index (χ1) is 9.97. The lowest BCUT2D eigenvalue weighted by Gasteiger charge is -2.14. The molecule has 0 heterocycles. The standard InChI is InChI=1S/C17H19N3O/c1-11-2-6-13(7-3-11)15(17(20)21)10-12-4-8-14(9-5-12)16(18)19/h2-9,15H,10H2,1H3,(H3,18,19)(H2,20,21). The van der Waals surface area contributed by atoms with Crippen molar-refractivity contribution in [2.75, 3.05) is 0 Å². The van der Waals surface area contributed by atoms with Gasteiger partial charge in [-0.1, -0.05) is 54.1 Å². The smallest absolute Gasteiger partial charge is 0.225 e. The van der Waals surface area contributed by atoms with Gasteiger partial charge < -0.3 is 11.5 Å². The fourth-order valence-electron chi connectivity index (χ4n) is 2.24. The van der Waals surface area contributed by atoms with Crippen LogP contribution in [0.25, 0.3) is 0 Å². The van der Waals surface area contributed by atoms with Crippen LogP contribution in [-0.2, 0) is 11.2 Å². The van der Waals surface area contributed by atoms with Crippen molar-refractivity contribution in [1.82, 2.24) is 0 Å². The molecule has 1 unspecified atom stereocenters. The van der Waals surface area contributed by atoms with E-state index in [1.807, 2.05) is 43.3 Å². The Morgan fingerprint density at radius 2 is 1.62 bits per heavy atom. The summed E-state index contributed by atoms with van der Waals surface area (Å²) in [5, 5.41) is 7.37. The van der Waals surface area contributed by atoms with Gasteiger partial charge in [0, 0.05) is 5.56 Å². The molecule has 0 saturated carbocycles. The molecule has 0 fully saturated rings. The predicted molar refractivity (Wildman–Crippen MR) is 84.3 cm³/mol. The molecule has 1 amide bonds. The highest BCUT2D eigenvalue weighted by molar-refractivity contribution is 5.94. The van der Waals surface area contributed by atoms with Crippen molar-refractivity contribution in [3.8, 4) is 0 Å². The summed E-state index contributed by atoms with van der Waals surface area (Å²) in [7, 11) is 0. The van der Waals surface area contributed by atoms with E-state index in [4.69, 9.17) is 16.9 Å². The largest absolute Gasteiger partial charge is 0.384 e. The molecular formula is C17H19N3O. The lowest BCUT2D eigenvalue weighted by molar-refractivity contribution is -0.119. The van der Waals surface area contributed by atoms with E-state index in [0.717, 1.165) is 16.7 Å². The van der Waals surface area contributed by atoms with Crippen molar-refractivity contribution < 1.29 is 4.79 Å². The molecule has 2 aromatic rings. The van der Waals surface area contributed by atoms with Crippen LogP contribution in [0.2, 0.25) is 0 Å². The van der Waals surface area contributed by atoms with E-state index in [1.54, 1.807) is 12.1 Å². The summed E-state index contributed by atoms with van der Waals surface area (Å²) in [4.78, 5) is 11.7. The van der Waals surface area contributed by atoms with E-state index in [1.165, 1.54) is 0 Å². The van der Waals surface area contributed by atoms with Crippen molar-refractivity contribution >= 4 is 11.7 Å². The van der Waals surface area contributed by atoms with Crippen LogP contribution in [0.15, 0.2) is 48.5 Å². The molecule has 0 saturated heterocycles. The van der Waals surface area contributed by atoms with Gasteiger partial charge in [0.15, 0.2) is 0 Å². The number of hydrogen-bond acceptors (Lipinski definition) is 2. The lowest BCUT2D eigenvalue weighted by Crippen LogP contribution is -2.23. The topological polar surface area (TPSA) is 93.0 Å².